The van der Waals surface area contributed by atoms with Gasteiger partial charge < -0.3 is 55.2 Å². The molecule has 0 aliphatic carbocycles. The molecule has 2 radical (unpaired) electrons. The standard InChI is InChI=1S/C18H19N2O4S.C17H18N2O5S.C3H8.2C2H6.CH3.2Y/c1-13(21)14-11-16(19-25(22)23)18(24-15-7-3-2-4-8-15)17(12-14)20-9-5-6-10-20;20-17(21)12-10-14(18-25(22)23)16(24-13-6-2-1-3-7-13)15(11-12)19-8-4-5-9-19;1-3-2;2*1-2;;;/h2-4,7-8,11-12,19H,1,5-6,9-10H2,(H,22,23);1-3,6-7,10-11,18H,4-5,8-9H2,(H,20,21)(H,22,23);3H2,1-2H3;2*1-2H3;1H3;;/q-1;;;;;-1;;/p-2. The van der Waals surface area contributed by atoms with Gasteiger partial charge in [-0.2, -0.15) is 6.92 Å². The van der Waals surface area contributed by atoms with Crippen LogP contribution in [0.25, 0.3) is 0 Å². The van der Waals surface area contributed by atoms with Gasteiger partial charge in [0, 0.05) is 120 Å². The molecule has 17 heteroatoms. The van der Waals surface area contributed by atoms with Crippen molar-refractivity contribution in [2.45, 2.75) is 73.6 Å². The molecular weight excluding hydrogens is 958 g/mol. The topological polar surface area (TPSA) is 184 Å². The minimum absolute atomic E-state index is 0. The molecule has 2 aliphatic rings. The molecule has 2 atom stereocenters. The van der Waals surface area contributed by atoms with Gasteiger partial charge in [0.1, 0.15) is 11.5 Å². The van der Waals surface area contributed by atoms with Gasteiger partial charge in [-0.15, -0.1) is 17.7 Å². The molecule has 326 valence electrons. The fourth-order valence-electron chi connectivity index (χ4n) is 5.66. The number of carboxylic acid groups (broad SMARTS) is 1. The zero-order chi connectivity index (χ0) is 42.3. The van der Waals surface area contributed by atoms with Crippen molar-refractivity contribution in [3.63, 3.8) is 0 Å². The Labute approximate surface area is 412 Å². The number of hydrogen-bond acceptors (Lipinski definition) is 10. The second-order valence-electron chi connectivity index (χ2n) is 12.1. The minimum atomic E-state index is -2.61. The molecule has 0 spiro atoms. The van der Waals surface area contributed by atoms with E-state index in [9.17, 15) is 32.2 Å². The molecule has 6 rings (SSSR count). The summed E-state index contributed by atoms with van der Waals surface area (Å²) < 4.78 is 61.2. The summed E-state index contributed by atoms with van der Waals surface area (Å²) in [4.78, 5) is 27.3. The van der Waals surface area contributed by atoms with Gasteiger partial charge in [0.25, 0.3) is 0 Å². The zero-order valence-corrected chi connectivity index (χ0v) is 43.0. The van der Waals surface area contributed by atoms with Crippen molar-refractivity contribution in [3.05, 3.63) is 110 Å². The number of hydrogen-bond donors (Lipinski definition) is 3. The van der Waals surface area contributed by atoms with Crippen molar-refractivity contribution in [1.29, 1.82) is 0 Å². The summed E-state index contributed by atoms with van der Waals surface area (Å²) in [5, 5.41) is 9.35. The van der Waals surface area contributed by atoms with E-state index in [0.29, 0.717) is 39.9 Å². The summed E-state index contributed by atoms with van der Waals surface area (Å²) in [5.41, 5.74) is 1.89. The van der Waals surface area contributed by atoms with Crippen LogP contribution in [0.4, 0.5) is 22.7 Å². The molecule has 3 N–H and O–H groups in total. The van der Waals surface area contributed by atoms with E-state index in [1.165, 1.54) is 24.6 Å². The number of ether oxygens (including phenoxy) is 2. The van der Waals surface area contributed by atoms with Crippen LogP contribution in [0.1, 0.15) is 94.4 Å². The molecule has 4 aromatic carbocycles. The molecule has 0 aromatic heterocycles. The van der Waals surface area contributed by atoms with Crippen molar-refractivity contribution in [1.82, 2.24) is 0 Å². The van der Waals surface area contributed by atoms with E-state index in [2.05, 4.69) is 35.1 Å². The summed E-state index contributed by atoms with van der Waals surface area (Å²) in [6.45, 7) is 18.8. The van der Waals surface area contributed by atoms with Gasteiger partial charge in [-0.3, -0.25) is 8.42 Å². The van der Waals surface area contributed by atoms with Crippen LogP contribution in [0.15, 0.2) is 84.9 Å². The third-order valence-corrected chi connectivity index (χ3v) is 8.69. The second-order valence-corrected chi connectivity index (χ2v) is 13.4. The van der Waals surface area contributed by atoms with Gasteiger partial charge in [0.2, 0.25) is 0 Å². The Hall–Kier alpha value is -2.88. The van der Waals surface area contributed by atoms with Gasteiger partial charge >= 0.3 is 5.97 Å². The maximum absolute atomic E-state index is 11.8. The minimum Gasteiger partial charge on any atom is -0.755 e. The number of carboxylic acids is 1. The van der Waals surface area contributed by atoms with Crippen LogP contribution in [-0.4, -0.2) is 60.6 Å². The Kier molecular flexibility index (Phi) is 32.3. The van der Waals surface area contributed by atoms with Gasteiger partial charge in [-0.1, -0.05) is 84.4 Å². The number of carbonyl (C=O) groups excluding carboxylic acids is 1. The summed E-state index contributed by atoms with van der Waals surface area (Å²) in [7, 11) is 0. The van der Waals surface area contributed by atoms with Gasteiger partial charge in [0.15, 0.2) is 11.5 Å². The van der Waals surface area contributed by atoms with Crippen molar-refractivity contribution in [2.24, 2.45) is 0 Å². The van der Waals surface area contributed by atoms with Crippen molar-refractivity contribution >= 4 is 57.0 Å². The maximum atomic E-state index is 11.8. The largest absolute Gasteiger partial charge is 0.755 e. The molecule has 4 aromatic rings. The van der Waals surface area contributed by atoms with E-state index in [1.54, 1.807) is 42.5 Å². The van der Waals surface area contributed by atoms with Gasteiger partial charge in [0.05, 0.1) is 28.3 Å². The Balaban J connectivity index is 0. The number of Topliss-reactive ketones (excluding diaryl/α,β-unsaturated/α-hetero) is 1. The number of rotatable bonds is 12. The second kappa shape index (κ2) is 32.8. The average Bonchev–Trinajstić information content (AvgIpc) is 3.95. The number of aromatic carboxylic acids is 1. The number of ketones is 1. The SMILES string of the molecule is CC.CC.CCC.O=C(O)c1cc(NS(=O)[O-])c(Oc2ccccc2)c(N2CCCC2)c1.[CH2-]C(=O)c1cc(NS(=O)[O-])c(Oc2ccccc2)c(N2CCCC2)c1.[CH3-].[Y].[Y]. The number of carbonyl (C=O) groups is 2. The monoisotopic (exact) mass is 1020 g/mol. The number of nitrogens with one attached hydrogen (secondary N) is 2. The first-order valence-corrected chi connectivity index (χ1v) is 21.3. The van der Waals surface area contributed by atoms with Crippen LogP contribution >= 0.6 is 0 Å². The van der Waals surface area contributed by atoms with Crippen LogP contribution in [0.3, 0.4) is 0 Å². The van der Waals surface area contributed by atoms with E-state index >= 15 is 0 Å². The van der Waals surface area contributed by atoms with Crippen LogP contribution in [0.2, 0.25) is 0 Å². The van der Waals surface area contributed by atoms with Crippen molar-refractivity contribution < 1.29 is 107 Å². The first-order chi connectivity index (χ1) is 27.5. The molecular formula is C43H58N4O9S2Y2-4. The molecule has 2 fully saturated rings. The van der Waals surface area contributed by atoms with Crippen molar-refractivity contribution in [3.8, 4) is 23.0 Å². The third kappa shape index (κ3) is 19.4. The summed E-state index contributed by atoms with van der Waals surface area (Å²) in [6.07, 6.45) is 5.28. The fraction of sp³-hybridized carbons (Fsp3) is 0.349. The van der Waals surface area contributed by atoms with E-state index in [0.717, 1.165) is 51.9 Å². The summed E-state index contributed by atoms with van der Waals surface area (Å²) >= 11 is -5.15. The summed E-state index contributed by atoms with van der Waals surface area (Å²) in [6, 6.07) is 24.0. The molecule has 0 bridgehead atoms. The molecule has 13 nitrogen and oxygen atoms in total. The number of anilines is 4. The fourth-order valence-corrected chi connectivity index (χ4v) is 6.32. The number of nitrogens with zero attached hydrogens (tertiary/aromatic N) is 2. The molecule has 0 amide bonds. The molecule has 0 saturated carbocycles. The Morgan fingerprint density at radius 3 is 1.28 bits per heavy atom. The molecule has 2 heterocycles. The number of para-hydroxylation sites is 2. The quantitative estimate of drug-likeness (QED) is 0.0697. The molecule has 2 aliphatic heterocycles. The van der Waals surface area contributed by atoms with Crippen LogP contribution in [-0.2, 0) is 88.0 Å². The smallest absolute Gasteiger partial charge is 0.335 e. The first-order valence-electron chi connectivity index (χ1n) is 19.1. The number of benzene rings is 4. The maximum Gasteiger partial charge on any atom is 0.335 e. The molecule has 2 saturated heterocycles. The van der Waals surface area contributed by atoms with E-state index in [1.807, 2.05) is 56.9 Å². The van der Waals surface area contributed by atoms with E-state index in [4.69, 9.17) is 9.47 Å². The Morgan fingerprint density at radius 1 is 0.667 bits per heavy atom. The third-order valence-electron chi connectivity index (χ3n) is 7.91. The van der Waals surface area contributed by atoms with Crippen LogP contribution in [0, 0.1) is 14.4 Å². The van der Waals surface area contributed by atoms with Gasteiger partial charge in [-0.05, 0) is 62.1 Å². The van der Waals surface area contributed by atoms with Gasteiger partial charge in [-0.25, -0.2) is 4.79 Å². The Bertz CT molecular complexity index is 1750. The Morgan fingerprint density at radius 2 is 0.983 bits per heavy atom. The predicted molar refractivity (Wildman–Crippen MR) is 236 cm³/mol. The van der Waals surface area contributed by atoms with Crippen molar-refractivity contribution in [2.75, 3.05) is 45.4 Å². The van der Waals surface area contributed by atoms with Crippen LogP contribution in [0.5, 0.6) is 23.0 Å². The predicted octanol–water partition coefficient (Wildman–Crippen LogP) is 10.2. The average molecular weight is 1020 g/mol. The molecule has 2 unspecified atom stereocenters. The first kappa shape index (κ1) is 59.2. The van der Waals surface area contributed by atoms with Crippen LogP contribution < -0.4 is 28.7 Å². The van der Waals surface area contributed by atoms with E-state index < -0.39 is 28.5 Å². The molecule has 60 heavy (non-hydrogen) atoms. The zero-order valence-electron chi connectivity index (χ0n) is 35.7. The van der Waals surface area contributed by atoms with E-state index in [-0.39, 0.29) is 95.6 Å². The normalized spacial score (nSPS) is 13.0. The summed E-state index contributed by atoms with van der Waals surface area (Å²) in [5.74, 6) is 0.268.